The standard InChI is InChI=1S/C18H26N2O2/c1-4-5-10-22-11-6-9-19-18(21)15-7-8-17-16(12-15)13(2)14(3)20-17/h7-8,12,20H,4-6,9-11H2,1-3H3,(H,19,21). The number of aromatic amines is 1. The predicted octanol–water partition coefficient (Wildman–Crippen LogP) is 3.72. The molecule has 0 bridgehead atoms. The van der Waals surface area contributed by atoms with Gasteiger partial charge < -0.3 is 15.0 Å². The van der Waals surface area contributed by atoms with E-state index in [2.05, 4.69) is 24.1 Å². The lowest BCUT2D eigenvalue weighted by Crippen LogP contribution is -2.25. The summed E-state index contributed by atoms with van der Waals surface area (Å²) in [5.74, 6) is -0.0197. The maximum atomic E-state index is 12.2. The molecule has 2 rings (SSSR count). The summed E-state index contributed by atoms with van der Waals surface area (Å²) in [6.07, 6.45) is 3.10. The number of benzene rings is 1. The van der Waals surface area contributed by atoms with E-state index >= 15 is 0 Å². The second kappa shape index (κ2) is 7.99. The Morgan fingerprint density at radius 3 is 2.77 bits per heavy atom. The molecular formula is C18H26N2O2. The number of carbonyl (C=O) groups excluding carboxylic acids is 1. The van der Waals surface area contributed by atoms with Crippen LogP contribution in [0.1, 0.15) is 47.8 Å². The highest BCUT2D eigenvalue weighted by atomic mass is 16.5. The quantitative estimate of drug-likeness (QED) is 0.730. The molecule has 4 nitrogen and oxygen atoms in total. The molecule has 2 N–H and O–H groups in total. The molecule has 0 aliphatic carbocycles. The number of ether oxygens (including phenoxy) is 1. The molecule has 1 aromatic heterocycles. The molecule has 2 aromatic rings. The predicted molar refractivity (Wildman–Crippen MR) is 90.4 cm³/mol. The Balaban J connectivity index is 1.84. The SMILES string of the molecule is CCCCOCCCNC(=O)c1ccc2[nH]c(C)c(C)c2c1. The Labute approximate surface area is 132 Å². The van der Waals surface area contributed by atoms with Gasteiger partial charge in [-0.3, -0.25) is 4.79 Å². The van der Waals surface area contributed by atoms with E-state index in [1.165, 1.54) is 5.56 Å². The minimum absolute atomic E-state index is 0.0197. The second-order valence-corrected chi connectivity index (χ2v) is 5.71. The largest absolute Gasteiger partial charge is 0.381 e. The molecule has 120 valence electrons. The second-order valence-electron chi connectivity index (χ2n) is 5.71. The fourth-order valence-electron chi connectivity index (χ4n) is 2.43. The van der Waals surface area contributed by atoms with E-state index in [1.54, 1.807) is 0 Å². The zero-order valence-corrected chi connectivity index (χ0v) is 13.8. The van der Waals surface area contributed by atoms with Crippen LogP contribution in [0.25, 0.3) is 10.9 Å². The minimum atomic E-state index is -0.0197. The molecular weight excluding hydrogens is 276 g/mol. The van der Waals surface area contributed by atoms with Crippen molar-refractivity contribution >= 4 is 16.8 Å². The number of carbonyl (C=O) groups is 1. The maximum Gasteiger partial charge on any atom is 0.251 e. The maximum absolute atomic E-state index is 12.2. The average molecular weight is 302 g/mol. The number of aryl methyl sites for hydroxylation is 2. The first-order valence-electron chi connectivity index (χ1n) is 8.08. The number of rotatable bonds is 8. The Morgan fingerprint density at radius 1 is 1.23 bits per heavy atom. The van der Waals surface area contributed by atoms with Gasteiger partial charge in [0.25, 0.3) is 5.91 Å². The minimum Gasteiger partial charge on any atom is -0.381 e. The summed E-state index contributed by atoms with van der Waals surface area (Å²) in [5.41, 5.74) is 4.14. The molecule has 4 heteroatoms. The lowest BCUT2D eigenvalue weighted by Gasteiger charge is -2.06. The summed E-state index contributed by atoms with van der Waals surface area (Å²) in [7, 11) is 0. The first kappa shape index (κ1) is 16.6. The third-order valence-corrected chi connectivity index (χ3v) is 3.96. The monoisotopic (exact) mass is 302 g/mol. The van der Waals surface area contributed by atoms with Gasteiger partial charge in [-0.2, -0.15) is 0 Å². The number of unbranched alkanes of at least 4 members (excludes halogenated alkanes) is 1. The number of aromatic nitrogens is 1. The highest BCUT2D eigenvalue weighted by molar-refractivity contribution is 5.99. The van der Waals surface area contributed by atoms with E-state index in [0.29, 0.717) is 18.7 Å². The van der Waals surface area contributed by atoms with Crippen LogP contribution in [0.15, 0.2) is 18.2 Å². The summed E-state index contributed by atoms with van der Waals surface area (Å²) in [4.78, 5) is 15.5. The van der Waals surface area contributed by atoms with Crippen LogP contribution >= 0.6 is 0 Å². The molecule has 0 atom stereocenters. The van der Waals surface area contributed by atoms with Gasteiger partial charge >= 0.3 is 0 Å². The van der Waals surface area contributed by atoms with Crippen molar-refractivity contribution in [3.05, 3.63) is 35.0 Å². The van der Waals surface area contributed by atoms with Gasteiger partial charge in [-0.25, -0.2) is 0 Å². The molecule has 0 saturated carbocycles. The van der Waals surface area contributed by atoms with Crippen LogP contribution < -0.4 is 5.32 Å². The van der Waals surface area contributed by atoms with Crippen molar-refractivity contribution in [2.24, 2.45) is 0 Å². The number of fused-ring (bicyclic) bond motifs is 1. The number of amides is 1. The van der Waals surface area contributed by atoms with Crippen molar-refractivity contribution in [2.75, 3.05) is 19.8 Å². The number of H-pyrrole nitrogens is 1. The topological polar surface area (TPSA) is 54.1 Å². The average Bonchev–Trinajstić information content (AvgIpc) is 2.80. The Hall–Kier alpha value is -1.81. The molecule has 0 radical (unpaired) electrons. The third kappa shape index (κ3) is 4.10. The van der Waals surface area contributed by atoms with Crippen LogP contribution in [0.5, 0.6) is 0 Å². The molecule has 1 amide bonds. The summed E-state index contributed by atoms with van der Waals surface area (Å²) in [6, 6.07) is 5.80. The third-order valence-electron chi connectivity index (χ3n) is 3.96. The van der Waals surface area contributed by atoms with E-state index in [-0.39, 0.29) is 5.91 Å². The van der Waals surface area contributed by atoms with Gasteiger partial charge in [0.2, 0.25) is 0 Å². The van der Waals surface area contributed by atoms with Gasteiger partial charge in [0.15, 0.2) is 0 Å². The Bertz CT molecular complexity index is 631. The number of hydrogen-bond donors (Lipinski definition) is 2. The first-order chi connectivity index (χ1) is 10.6. The van der Waals surface area contributed by atoms with Gasteiger partial charge in [-0.15, -0.1) is 0 Å². The van der Waals surface area contributed by atoms with Crippen LogP contribution in [-0.2, 0) is 4.74 Å². The van der Waals surface area contributed by atoms with Crippen LogP contribution in [-0.4, -0.2) is 30.6 Å². The van der Waals surface area contributed by atoms with Crippen molar-refractivity contribution in [1.29, 1.82) is 0 Å². The number of nitrogens with one attached hydrogen (secondary N) is 2. The lowest BCUT2D eigenvalue weighted by molar-refractivity contribution is 0.0940. The van der Waals surface area contributed by atoms with E-state index < -0.39 is 0 Å². The van der Waals surface area contributed by atoms with Crippen molar-refractivity contribution in [3.8, 4) is 0 Å². The van der Waals surface area contributed by atoms with Crippen LogP contribution in [0, 0.1) is 13.8 Å². The Morgan fingerprint density at radius 2 is 2.00 bits per heavy atom. The van der Waals surface area contributed by atoms with Crippen LogP contribution in [0.2, 0.25) is 0 Å². The van der Waals surface area contributed by atoms with E-state index in [9.17, 15) is 4.79 Å². The van der Waals surface area contributed by atoms with Gasteiger partial charge in [-0.05, 0) is 50.5 Å². The Kier molecular flexibility index (Phi) is 6.01. The summed E-state index contributed by atoms with van der Waals surface area (Å²) < 4.78 is 5.48. The lowest BCUT2D eigenvalue weighted by atomic mass is 10.1. The zero-order chi connectivity index (χ0) is 15.9. The molecule has 0 aliphatic rings. The van der Waals surface area contributed by atoms with E-state index in [1.807, 2.05) is 25.1 Å². The van der Waals surface area contributed by atoms with Crippen molar-refractivity contribution in [2.45, 2.75) is 40.0 Å². The van der Waals surface area contributed by atoms with Crippen LogP contribution in [0.4, 0.5) is 0 Å². The van der Waals surface area contributed by atoms with E-state index in [0.717, 1.165) is 42.5 Å². The van der Waals surface area contributed by atoms with Gasteiger partial charge in [0, 0.05) is 41.9 Å². The molecule has 0 fully saturated rings. The van der Waals surface area contributed by atoms with Crippen molar-refractivity contribution in [1.82, 2.24) is 10.3 Å². The molecule has 22 heavy (non-hydrogen) atoms. The zero-order valence-electron chi connectivity index (χ0n) is 13.8. The molecule has 0 aliphatic heterocycles. The van der Waals surface area contributed by atoms with Gasteiger partial charge in [0.05, 0.1) is 0 Å². The fraction of sp³-hybridized carbons (Fsp3) is 0.500. The number of hydrogen-bond acceptors (Lipinski definition) is 2. The molecule has 0 spiro atoms. The van der Waals surface area contributed by atoms with E-state index in [4.69, 9.17) is 4.74 Å². The summed E-state index contributed by atoms with van der Waals surface area (Å²) >= 11 is 0. The van der Waals surface area contributed by atoms with Crippen LogP contribution in [0.3, 0.4) is 0 Å². The van der Waals surface area contributed by atoms with Crippen molar-refractivity contribution < 1.29 is 9.53 Å². The smallest absolute Gasteiger partial charge is 0.251 e. The molecule has 0 unspecified atom stereocenters. The highest BCUT2D eigenvalue weighted by Crippen LogP contribution is 2.22. The molecule has 1 heterocycles. The van der Waals surface area contributed by atoms with Crippen molar-refractivity contribution in [3.63, 3.8) is 0 Å². The van der Waals surface area contributed by atoms with Gasteiger partial charge in [-0.1, -0.05) is 13.3 Å². The fourth-order valence-corrected chi connectivity index (χ4v) is 2.43. The first-order valence-corrected chi connectivity index (χ1v) is 8.08. The molecule has 0 saturated heterocycles. The van der Waals surface area contributed by atoms with Gasteiger partial charge in [0.1, 0.15) is 0 Å². The normalized spacial score (nSPS) is 11.0. The molecule has 1 aromatic carbocycles. The highest BCUT2D eigenvalue weighted by Gasteiger charge is 2.09. The summed E-state index contributed by atoms with van der Waals surface area (Å²) in [5, 5.41) is 4.07. The summed E-state index contributed by atoms with van der Waals surface area (Å²) in [6.45, 7) is 8.43.